The van der Waals surface area contributed by atoms with Gasteiger partial charge in [-0.25, -0.2) is 4.79 Å². The van der Waals surface area contributed by atoms with E-state index in [4.69, 9.17) is 4.74 Å². The minimum atomic E-state index is -1.62. The van der Waals surface area contributed by atoms with Crippen molar-refractivity contribution in [3.05, 3.63) is 71.8 Å². The van der Waals surface area contributed by atoms with Gasteiger partial charge >= 0.3 is 5.97 Å². The lowest BCUT2D eigenvalue weighted by atomic mass is 9.69. The number of carbonyl (C=O) groups is 3. The van der Waals surface area contributed by atoms with Crippen LogP contribution in [-0.4, -0.2) is 35.0 Å². The minimum absolute atomic E-state index is 0.100. The van der Waals surface area contributed by atoms with Crippen molar-refractivity contribution in [3.63, 3.8) is 0 Å². The number of hydrogen-bond donors (Lipinski definition) is 2. The van der Waals surface area contributed by atoms with Crippen molar-refractivity contribution < 1.29 is 24.2 Å². The number of aliphatic hydroxyl groups is 1. The van der Waals surface area contributed by atoms with E-state index in [0.717, 1.165) is 0 Å². The fraction of sp³-hybridized carbons (Fsp3) is 0.423. The first-order valence-electron chi connectivity index (χ1n) is 11.0. The highest BCUT2D eigenvalue weighted by molar-refractivity contribution is 5.95. The fourth-order valence-corrected chi connectivity index (χ4v) is 5.27. The van der Waals surface area contributed by atoms with Gasteiger partial charge in [-0.05, 0) is 42.4 Å². The summed E-state index contributed by atoms with van der Waals surface area (Å²) in [7, 11) is 0. The van der Waals surface area contributed by atoms with Gasteiger partial charge in [0.2, 0.25) is 0 Å². The number of ether oxygens (including phenoxy) is 1. The highest BCUT2D eigenvalue weighted by atomic mass is 16.6. The first-order chi connectivity index (χ1) is 15.2. The van der Waals surface area contributed by atoms with Crippen LogP contribution in [0.3, 0.4) is 0 Å². The zero-order valence-corrected chi connectivity index (χ0v) is 18.6. The number of ketones is 1. The van der Waals surface area contributed by atoms with Gasteiger partial charge in [0.05, 0.1) is 11.5 Å². The summed E-state index contributed by atoms with van der Waals surface area (Å²) < 4.78 is 5.74. The topological polar surface area (TPSA) is 92.7 Å². The first-order valence-corrected chi connectivity index (χ1v) is 11.0. The number of nitrogens with one attached hydrogen (secondary N) is 1. The number of carbonyl (C=O) groups excluding carboxylic acids is 3. The van der Waals surface area contributed by atoms with E-state index in [1.165, 1.54) is 0 Å². The number of aliphatic hydroxyl groups excluding tert-OH is 1. The molecule has 2 aromatic carbocycles. The van der Waals surface area contributed by atoms with Crippen molar-refractivity contribution >= 4 is 17.7 Å². The molecule has 0 spiro atoms. The van der Waals surface area contributed by atoms with Crippen molar-refractivity contribution in [1.29, 1.82) is 0 Å². The van der Waals surface area contributed by atoms with E-state index in [2.05, 4.69) is 5.32 Å². The molecule has 32 heavy (non-hydrogen) atoms. The molecule has 0 aromatic heterocycles. The van der Waals surface area contributed by atoms with E-state index in [1.54, 1.807) is 54.6 Å². The van der Waals surface area contributed by atoms with Gasteiger partial charge < -0.3 is 15.2 Å². The lowest BCUT2D eigenvalue weighted by molar-refractivity contribution is -0.170. The molecule has 2 aliphatic carbocycles. The number of rotatable bonds is 6. The van der Waals surface area contributed by atoms with Crippen molar-refractivity contribution in [2.45, 2.75) is 51.9 Å². The predicted octanol–water partition coefficient (Wildman–Crippen LogP) is 3.46. The molecule has 2 saturated carbocycles. The molecule has 1 amide bonds. The Kier molecular flexibility index (Phi) is 5.67. The molecule has 6 heteroatoms. The van der Waals surface area contributed by atoms with Crippen molar-refractivity contribution in [2.75, 3.05) is 0 Å². The highest BCUT2D eigenvalue weighted by Crippen LogP contribution is 2.64. The summed E-state index contributed by atoms with van der Waals surface area (Å²) in [5, 5.41) is 13.7. The van der Waals surface area contributed by atoms with Gasteiger partial charge in [-0.3, -0.25) is 9.59 Å². The maximum atomic E-state index is 13.0. The third-order valence-corrected chi connectivity index (χ3v) is 7.81. The van der Waals surface area contributed by atoms with Crippen LogP contribution < -0.4 is 5.32 Å². The third-order valence-electron chi connectivity index (χ3n) is 7.81. The number of esters is 1. The Morgan fingerprint density at radius 1 is 1.03 bits per heavy atom. The summed E-state index contributed by atoms with van der Waals surface area (Å²) in [5.74, 6) is -0.996. The summed E-state index contributed by atoms with van der Waals surface area (Å²) in [6.07, 6.45) is -1.11. The average Bonchev–Trinajstić information content (AvgIpc) is 3.08. The van der Waals surface area contributed by atoms with Crippen molar-refractivity contribution in [3.8, 4) is 0 Å². The lowest BCUT2D eigenvalue weighted by Gasteiger charge is -2.37. The maximum absolute atomic E-state index is 13.0. The molecule has 2 bridgehead atoms. The first kappa shape index (κ1) is 22.2. The Morgan fingerprint density at radius 3 is 2.19 bits per heavy atom. The van der Waals surface area contributed by atoms with Crippen LogP contribution in [0.5, 0.6) is 0 Å². The molecule has 168 valence electrons. The molecule has 4 rings (SSSR count). The number of Topliss-reactive ketones (excluding diaryl/α,β-unsaturated/α-hetero) is 1. The van der Waals surface area contributed by atoms with E-state index in [9.17, 15) is 19.5 Å². The average molecular weight is 436 g/mol. The van der Waals surface area contributed by atoms with Crippen LogP contribution in [0.25, 0.3) is 0 Å². The van der Waals surface area contributed by atoms with Gasteiger partial charge in [0.25, 0.3) is 5.91 Å². The Hall–Kier alpha value is -2.99. The molecule has 0 aliphatic heterocycles. The third kappa shape index (κ3) is 3.52. The maximum Gasteiger partial charge on any atom is 0.337 e. The summed E-state index contributed by atoms with van der Waals surface area (Å²) in [6, 6.07) is 16.4. The number of fused-ring (bicyclic) bond motifs is 2. The molecule has 0 radical (unpaired) electrons. The molecule has 0 heterocycles. The normalized spacial score (nSPS) is 27.6. The molecule has 2 aliphatic rings. The zero-order chi connectivity index (χ0) is 23.1. The molecular weight excluding hydrogens is 406 g/mol. The van der Waals surface area contributed by atoms with Crippen molar-refractivity contribution in [1.82, 2.24) is 5.32 Å². The summed E-state index contributed by atoms with van der Waals surface area (Å²) in [5.41, 5.74) is -0.0538. The second-order valence-electron chi connectivity index (χ2n) is 9.58. The zero-order valence-electron chi connectivity index (χ0n) is 18.6. The SMILES string of the molecule is CC1(C)C2CC(=O)C1(C)C(OC(=O)C(O)[C@@H](NC(=O)c1ccccc1)c1ccccc1)C2. The summed E-state index contributed by atoms with van der Waals surface area (Å²) >= 11 is 0. The Balaban J connectivity index is 1.55. The van der Waals surface area contributed by atoms with E-state index in [-0.39, 0.29) is 17.1 Å². The van der Waals surface area contributed by atoms with Gasteiger partial charge in [-0.15, -0.1) is 0 Å². The number of amides is 1. The smallest absolute Gasteiger partial charge is 0.337 e. The molecular formula is C26H29NO5. The van der Waals surface area contributed by atoms with E-state index >= 15 is 0 Å². The van der Waals surface area contributed by atoms with Crippen LogP contribution >= 0.6 is 0 Å². The van der Waals surface area contributed by atoms with Gasteiger partial charge in [-0.2, -0.15) is 0 Å². The monoisotopic (exact) mass is 435 g/mol. The quantitative estimate of drug-likeness (QED) is 0.678. The molecule has 4 unspecified atom stereocenters. The van der Waals surface area contributed by atoms with Crippen molar-refractivity contribution in [2.24, 2.45) is 16.7 Å². The van der Waals surface area contributed by atoms with Crippen LogP contribution in [0.4, 0.5) is 0 Å². The van der Waals surface area contributed by atoms with E-state index in [0.29, 0.717) is 24.0 Å². The van der Waals surface area contributed by atoms with Gasteiger partial charge in [0.15, 0.2) is 6.10 Å². The Morgan fingerprint density at radius 2 is 1.62 bits per heavy atom. The fourth-order valence-electron chi connectivity index (χ4n) is 5.27. The van der Waals surface area contributed by atoms with Gasteiger partial charge in [0, 0.05) is 12.0 Å². The highest BCUT2D eigenvalue weighted by Gasteiger charge is 2.68. The Bertz CT molecular complexity index is 1020. The molecule has 6 nitrogen and oxygen atoms in total. The molecule has 5 atom stereocenters. The lowest BCUT2D eigenvalue weighted by Crippen LogP contribution is -2.47. The largest absolute Gasteiger partial charge is 0.459 e. The second kappa shape index (κ2) is 8.17. The summed E-state index contributed by atoms with van der Waals surface area (Å²) in [4.78, 5) is 38.5. The second-order valence-corrected chi connectivity index (χ2v) is 9.58. The predicted molar refractivity (Wildman–Crippen MR) is 119 cm³/mol. The molecule has 2 N–H and O–H groups in total. The van der Waals surface area contributed by atoms with Crippen LogP contribution in [0, 0.1) is 16.7 Å². The summed E-state index contributed by atoms with van der Waals surface area (Å²) in [6.45, 7) is 5.94. The van der Waals surface area contributed by atoms with Crippen LogP contribution in [0.2, 0.25) is 0 Å². The molecule has 2 aromatic rings. The van der Waals surface area contributed by atoms with Crippen LogP contribution in [0.15, 0.2) is 60.7 Å². The van der Waals surface area contributed by atoms with Gasteiger partial charge in [-0.1, -0.05) is 62.4 Å². The van der Waals surface area contributed by atoms with Gasteiger partial charge in [0.1, 0.15) is 11.9 Å². The van der Waals surface area contributed by atoms with Crippen LogP contribution in [-0.2, 0) is 14.3 Å². The van der Waals surface area contributed by atoms with Crippen LogP contribution in [0.1, 0.15) is 55.6 Å². The molecule has 0 saturated heterocycles. The minimum Gasteiger partial charge on any atom is -0.459 e. The molecule has 2 fully saturated rings. The number of benzene rings is 2. The Labute approximate surface area is 188 Å². The number of hydrogen-bond acceptors (Lipinski definition) is 5. The van der Waals surface area contributed by atoms with E-state index < -0.39 is 35.5 Å². The van der Waals surface area contributed by atoms with E-state index in [1.807, 2.05) is 26.8 Å². The standard InChI is InChI=1S/C26H29NO5/c1-25(2)18-14-19(28)26(25,3)20(15-18)32-24(31)22(29)21(16-10-6-4-7-11-16)27-23(30)17-12-8-5-9-13-17/h4-13,18,20-22,29H,14-15H2,1-3H3,(H,27,30)/t18?,20?,21-,22?,26?/m0/s1.